The van der Waals surface area contributed by atoms with Crippen LogP contribution in [0, 0.1) is 6.92 Å². The number of thioether (sulfide) groups is 1. The molecular formula is C16H13F3N4S. The maximum absolute atomic E-state index is 12.8. The number of rotatable bonds is 4. The van der Waals surface area contributed by atoms with Gasteiger partial charge in [0.25, 0.3) is 0 Å². The summed E-state index contributed by atoms with van der Waals surface area (Å²) in [6.07, 6.45) is -4.34. The highest BCUT2D eigenvalue weighted by molar-refractivity contribution is 7.98. The number of aromatic nitrogens is 4. The Bertz CT molecular complexity index is 828. The van der Waals surface area contributed by atoms with Crippen LogP contribution in [0.3, 0.4) is 0 Å². The van der Waals surface area contributed by atoms with Crippen molar-refractivity contribution in [2.24, 2.45) is 0 Å². The molecule has 0 atom stereocenters. The lowest BCUT2D eigenvalue weighted by atomic mass is 10.1. The second-order valence-electron chi connectivity index (χ2n) is 5.20. The largest absolute Gasteiger partial charge is 0.416 e. The average molecular weight is 350 g/mol. The first-order valence-electron chi connectivity index (χ1n) is 7.08. The van der Waals surface area contributed by atoms with Gasteiger partial charge in [-0.1, -0.05) is 47.7 Å². The number of tetrazole rings is 1. The fourth-order valence-corrected chi connectivity index (χ4v) is 2.94. The molecule has 1 heterocycles. The Labute approximate surface area is 140 Å². The van der Waals surface area contributed by atoms with E-state index in [1.54, 1.807) is 10.7 Å². The highest BCUT2D eigenvalue weighted by atomic mass is 32.2. The van der Waals surface area contributed by atoms with Gasteiger partial charge in [0.15, 0.2) is 0 Å². The van der Waals surface area contributed by atoms with Crippen LogP contribution in [0.15, 0.2) is 53.7 Å². The third-order valence-corrected chi connectivity index (χ3v) is 4.33. The van der Waals surface area contributed by atoms with Gasteiger partial charge in [-0.05, 0) is 41.1 Å². The van der Waals surface area contributed by atoms with Crippen molar-refractivity contribution in [2.75, 3.05) is 0 Å². The van der Waals surface area contributed by atoms with E-state index in [1.165, 1.54) is 17.8 Å². The first-order chi connectivity index (χ1) is 11.4. The third-order valence-electron chi connectivity index (χ3n) is 3.34. The predicted molar refractivity (Wildman–Crippen MR) is 84.9 cm³/mol. The summed E-state index contributed by atoms with van der Waals surface area (Å²) < 4.78 is 39.8. The van der Waals surface area contributed by atoms with Gasteiger partial charge in [-0.2, -0.15) is 17.9 Å². The SMILES string of the molecule is Cc1ccc(-n2nnnc2SCc2cccc(C(F)(F)F)c2)cc1. The van der Waals surface area contributed by atoms with E-state index >= 15 is 0 Å². The fourth-order valence-electron chi connectivity index (χ4n) is 2.10. The van der Waals surface area contributed by atoms with Crippen molar-refractivity contribution in [1.82, 2.24) is 20.2 Å². The lowest BCUT2D eigenvalue weighted by Gasteiger charge is -2.08. The lowest BCUT2D eigenvalue weighted by Crippen LogP contribution is -2.05. The molecule has 0 amide bonds. The maximum Gasteiger partial charge on any atom is 0.416 e. The molecule has 0 N–H and O–H groups in total. The Kier molecular flexibility index (Phi) is 4.57. The molecule has 3 aromatic rings. The Morgan fingerprint density at radius 3 is 2.54 bits per heavy atom. The summed E-state index contributed by atoms with van der Waals surface area (Å²) in [5, 5.41) is 12.1. The van der Waals surface area contributed by atoms with Crippen molar-refractivity contribution in [1.29, 1.82) is 0 Å². The van der Waals surface area contributed by atoms with Crippen molar-refractivity contribution in [3.05, 3.63) is 65.2 Å². The minimum atomic E-state index is -4.34. The van der Waals surface area contributed by atoms with Crippen LogP contribution in [0.5, 0.6) is 0 Å². The van der Waals surface area contributed by atoms with E-state index in [-0.39, 0.29) is 0 Å². The molecule has 0 fully saturated rings. The van der Waals surface area contributed by atoms with Crippen LogP contribution in [-0.4, -0.2) is 20.2 Å². The van der Waals surface area contributed by atoms with Crippen LogP contribution >= 0.6 is 11.8 Å². The van der Waals surface area contributed by atoms with Gasteiger partial charge >= 0.3 is 6.18 Å². The van der Waals surface area contributed by atoms with Crippen molar-refractivity contribution in [2.45, 2.75) is 24.0 Å². The summed E-state index contributed by atoms with van der Waals surface area (Å²) in [6, 6.07) is 12.9. The number of hydrogen-bond donors (Lipinski definition) is 0. The summed E-state index contributed by atoms with van der Waals surface area (Å²) in [5.41, 5.74) is 1.83. The van der Waals surface area contributed by atoms with Crippen LogP contribution in [0.2, 0.25) is 0 Å². The van der Waals surface area contributed by atoms with E-state index < -0.39 is 11.7 Å². The predicted octanol–water partition coefficient (Wildman–Crippen LogP) is 4.28. The van der Waals surface area contributed by atoms with Gasteiger partial charge in [-0.3, -0.25) is 0 Å². The van der Waals surface area contributed by atoms with Gasteiger partial charge in [0.1, 0.15) is 0 Å². The minimum absolute atomic E-state index is 0.343. The molecule has 0 saturated heterocycles. The van der Waals surface area contributed by atoms with Crippen molar-refractivity contribution >= 4 is 11.8 Å². The minimum Gasteiger partial charge on any atom is -0.188 e. The van der Waals surface area contributed by atoms with Crippen molar-refractivity contribution < 1.29 is 13.2 Å². The van der Waals surface area contributed by atoms with Crippen LogP contribution in [0.4, 0.5) is 13.2 Å². The van der Waals surface area contributed by atoms with Crippen LogP contribution < -0.4 is 0 Å². The molecule has 0 aliphatic heterocycles. The molecule has 0 aliphatic carbocycles. The summed E-state index contributed by atoms with van der Waals surface area (Å²) in [7, 11) is 0. The Balaban J connectivity index is 1.77. The second-order valence-corrected chi connectivity index (χ2v) is 6.14. The van der Waals surface area contributed by atoms with Gasteiger partial charge in [0.2, 0.25) is 5.16 Å². The number of nitrogens with zero attached hydrogens (tertiary/aromatic N) is 4. The number of aryl methyl sites for hydroxylation is 1. The van der Waals surface area contributed by atoms with Crippen LogP contribution in [-0.2, 0) is 11.9 Å². The molecule has 0 saturated carbocycles. The lowest BCUT2D eigenvalue weighted by molar-refractivity contribution is -0.137. The molecule has 0 unspecified atom stereocenters. The van der Waals surface area contributed by atoms with Gasteiger partial charge in [-0.15, -0.1) is 5.10 Å². The smallest absolute Gasteiger partial charge is 0.188 e. The zero-order chi connectivity index (χ0) is 17.2. The molecule has 3 rings (SSSR count). The van der Waals surface area contributed by atoms with Gasteiger partial charge in [0.05, 0.1) is 11.3 Å². The molecule has 124 valence electrons. The summed E-state index contributed by atoms with van der Waals surface area (Å²) >= 11 is 1.28. The van der Waals surface area contributed by atoms with E-state index in [0.717, 1.165) is 23.4 Å². The zero-order valence-electron chi connectivity index (χ0n) is 12.7. The molecule has 1 aromatic heterocycles. The normalized spacial score (nSPS) is 11.7. The molecule has 24 heavy (non-hydrogen) atoms. The number of hydrogen-bond acceptors (Lipinski definition) is 4. The van der Waals surface area contributed by atoms with E-state index in [4.69, 9.17) is 0 Å². The Morgan fingerprint density at radius 2 is 1.83 bits per heavy atom. The molecule has 4 nitrogen and oxygen atoms in total. The van der Waals surface area contributed by atoms with Crippen molar-refractivity contribution in [3.63, 3.8) is 0 Å². The summed E-state index contributed by atoms with van der Waals surface area (Å²) in [4.78, 5) is 0. The molecule has 0 radical (unpaired) electrons. The zero-order valence-corrected chi connectivity index (χ0v) is 13.5. The topological polar surface area (TPSA) is 43.6 Å². The third kappa shape index (κ3) is 3.76. The van der Waals surface area contributed by atoms with Gasteiger partial charge in [-0.25, -0.2) is 0 Å². The monoisotopic (exact) mass is 350 g/mol. The quantitative estimate of drug-likeness (QED) is 0.659. The second kappa shape index (κ2) is 6.64. The van der Waals surface area contributed by atoms with Gasteiger partial charge in [0, 0.05) is 5.75 Å². The number of alkyl halides is 3. The van der Waals surface area contributed by atoms with Gasteiger partial charge < -0.3 is 0 Å². The number of benzene rings is 2. The highest BCUT2D eigenvalue weighted by Crippen LogP contribution is 2.31. The molecule has 0 aliphatic rings. The van der Waals surface area contributed by atoms with E-state index in [9.17, 15) is 13.2 Å². The van der Waals surface area contributed by atoms with Crippen LogP contribution in [0.25, 0.3) is 5.69 Å². The van der Waals surface area contributed by atoms with Crippen molar-refractivity contribution in [3.8, 4) is 5.69 Å². The molecule has 0 spiro atoms. The molecule has 8 heteroatoms. The standard InChI is InChI=1S/C16H13F3N4S/c1-11-5-7-14(8-6-11)23-15(20-21-22-23)24-10-12-3-2-4-13(9-12)16(17,18)19/h2-9H,10H2,1H3. The Morgan fingerprint density at radius 1 is 1.08 bits per heavy atom. The maximum atomic E-state index is 12.8. The summed E-state index contributed by atoms with van der Waals surface area (Å²) in [5.74, 6) is 0.343. The van der Waals surface area contributed by atoms with Crippen LogP contribution in [0.1, 0.15) is 16.7 Å². The summed E-state index contributed by atoms with van der Waals surface area (Å²) in [6.45, 7) is 1.98. The first-order valence-corrected chi connectivity index (χ1v) is 8.06. The molecule has 0 bridgehead atoms. The Hall–Kier alpha value is -2.35. The molecule has 2 aromatic carbocycles. The highest BCUT2D eigenvalue weighted by Gasteiger charge is 2.30. The van der Waals surface area contributed by atoms with E-state index in [0.29, 0.717) is 16.5 Å². The fraction of sp³-hybridized carbons (Fsp3) is 0.188. The van der Waals surface area contributed by atoms with E-state index in [2.05, 4.69) is 15.5 Å². The van der Waals surface area contributed by atoms with E-state index in [1.807, 2.05) is 31.2 Å². The number of halogens is 3. The first kappa shape index (κ1) is 16.5. The molecular weight excluding hydrogens is 337 g/mol. The average Bonchev–Trinajstić information content (AvgIpc) is 3.02.